The maximum absolute atomic E-state index is 6.04. The number of aryl methyl sites for hydroxylation is 1. The van der Waals surface area contributed by atoms with E-state index in [2.05, 4.69) is 93.7 Å². The molecule has 0 bridgehead atoms. The van der Waals surface area contributed by atoms with E-state index in [0.29, 0.717) is 0 Å². The highest BCUT2D eigenvalue weighted by Gasteiger charge is 2.13. The molecule has 0 spiro atoms. The lowest BCUT2D eigenvalue weighted by Crippen LogP contribution is -2.22. The summed E-state index contributed by atoms with van der Waals surface area (Å²) in [6.07, 6.45) is 2.11. The molecule has 0 saturated heterocycles. The molecular weight excluding hydrogens is 382 g/mol. The second-order valence-corrected chi connectivity index (χ2v) is 9.05. The predicted octanol–water partition coefficient (Wildman–Crippen LogP) is 6.88. The van der Waals surface area contributed by atoms with Gasteiger partial charge in [0.25, 0.3) is 0 Å². The molecule has 164 valence electrons. The molecule has 3 aromatic carbocycles. The van der Waals surface area contributed by atoms with Crippen molar-refractivity contribution in [1.29, 1.82) is 0 Å². The molecule has 0 fully saturated rings. The monoisotopic (exact) mass is 417 g/mol. The van der Waals surface area contributed by atoms with Gasteiger partial charge in [0.15, 0.2) is 0 Å². The van der Waals surface area contributed by atoms with Crippen LogP contribution in [-0.2, 0) is 11.8 Å². The van der Waals surface area contributed by atoms with E-state index < -0.39 is 0 Å². The van der Waals surface area contributed by atoms with Crippen LogP contribution >= 0.6 is 0 Å². The largest absolute Gasteiger partial charge is 0.494 e. The normalized spacial score (nSPS) is 12.3. The first-order valence-corrected chi connectivity index (χ1v) is 11.2. The molecule has 31 heavy (non-hydrogen) atoms. The lowest BCUT2D eigenvalue weighted by Gasteiger charge is -2.20. The van der Waals surface area contributed by atoms with E-state index in [-0.39, 0.29) is 11.5 Å². The molecule has 1 unspecified atom stereocenters. The Bertz CT molecular complexity index is 896. The van der Waals surface area contributed by atoms with Gasteiger partial charge in [-0.05, 0) is 72.7 Å². The van der Waals surface area contributed by atoms with E-state index in [1.54, 1.807) is 0 Å². The highest BCUT2D eigenvalue weighted by Crippen LogP contribution is 2.24. The minimum absolute atomic E-state index is 0.0643. The number of anilines is 1. The fourth-order valence-corrected chi connectivity index (χ4v) is 3.35. The molecule has 0 aliphatic rings. The molecule has 0 saturated carbocycles. The summed E-state index contributed by atoms with van der Waals surface area (Å²) < 4.78 is 11.9. The van der Waals surface area contributed by atoms with Gasteiger partial charge in [0.2, 0.25) is 0 Å². The van der Waals surface area contributed by atoms with Gasteiger partial charge in [-0.1, -0.05) is 63.2 Å². The van der Waals surface area contributed by atoms with Gasteiger partial charge >= 0.3 is 0 Å². The van der Waals surface area contributed by atoms with Gasteiger partial charge in [-0.2, -0.15) is 0 Å². The Labute approximate surface area is 187 Å². The fourth-order valence-electron chi connectivity index (χ4n) is 3.35. The molecular formula is C28H35NO2. The van der Waals surface area contributed by atoms with Gasteiger partial charge in [-0.15, -0.1) is 0 Å². The number of hydrogen-bond acceptors (Lipinski definition) is 3. The molecule has 0 radical (unpaired) electrons. The van der Waals surface area contributed by atoms with Crippen LogP contribution in [0.2, 0.25) is 0 Å². The molecule has 3 nitrogen and oxygen atoms in total. The topological polar surface area (TPSA) is 30.5 Å². The summed E-state index contributed by atoms with van der Waals surface area (Å²) >= 11 is 0. The first-order chi connectivity index (χ1) is 14.9. The maximum atomic E-state index is 6.04. The van der Waals surface area contributed by atoms with E-state index in [4.69, 9.17) is 9.47 Å². The van der Waals surface area contributed by atoms with Crippen LogP contribution in [0.25, 0.3) is 0 Å². The van der Waals surface area contributed by atoms with E-state index in [1.165, 1.54) is 11.1 Å². The number of nitrogens with one attached hydrogen (secondary N) is 1. The molecule has 3 heteroatoms. The molecule has 0 aliphatic carbocycles. The van der Waals surface area contributed by atoms with E-state index >= 15 is 0 Å². The van der Waals surface area contributed by atoms with E-state index in [1.807, 2.05) is 18.2 Å². The summed E-state index contributed by atoms with van der Waals surface area (Å²) in [6.45, 7) is 10.2. The third-order valence-corrected chi connectivity index (χ3v) is 5.23. The number of hydrogen-bond donors (Lipinski definition) is 1. The summed E-state index contributed by atoms with van der Waals surface area (Å²) in [4.78, 5) is 0. The first kappa shape index (κ1) is 22.7. The van der Waals surface area contributed by atoms with Crippen LogP contribution in [0.4, 0.5) is 5.69 Å². The van der Waals surface area contributed by atoms with Crippen LogP contribution in [-0.4, -0.2) is 19.3 Å². The van der Waals surface area contributed by atoms with Crippen LogP contribution in [0.5, 0.6) is 11.5 Å². The van der Waals surface area contributed by atoms with Gasteiger partial charge in [-0.25, -0.2) is 0 Å². The zero-order valence-corrected chi connectivity index (χ0v) is 19.2. The molecule has 0 amide bonds. The molecule has 3 rings (SSSR count). The molecule has 1 atom stereocenters. The van der Waals surface area contributed by atoms with Crippen LogP contribution in [0.1, 0.15) is 45.2 Å². The predicted molar refractivity (Wildman–Crippen MR) is 130 cm³/mol. The zero-order chi connectivity index (χ0) is 22.1. The summed E-state index contributed by atoms with van der Waals surface area (Å²) in [7, 11) is 0. The van der Waals surface area contributed by atoms with Crippen molar-refractivity contribution in [1.82, 2.24) is 0 Å². The minimum atomic E-state index is 0.0643. The van der Waals surface area contributed by atoms with Crippen molar-refractivity contribution in [2.75, 3.05) is 18.5 Å². The molecule has 0 aliphatic heterocycles. The Hall–Kier alpha value is -2.94. The zero-order valence-electron chi connectivity index (χ0n) is 19.2. The lowest BCUT2D eigenvalue weighted by atomic mass is 9.87. The maximum Gasteiger partial charge on any atom is 0.119 e. The number of benzene rings is 3. The smallest absolute Gasteiger partial charge is 0.119 e. The molecule has 0 aromatic heterocycles. The fraction of sp³-hybridized carbons (Fsp3) is 0.357. The van der Waals surface area contributed by atoms with Crippen molar-refractivity contribution in [3.63, 3.8) is 0 Å². The highest BCUT2D eigenvalue weighted by atomic mass is 16.5. The minimum Gasteiger partial charge on any atom is -0.494 e. The summed E-state index contributed by atoms with van der Waals surface area (Å²) in [5, 5.41) is 3.44. The van der Waals surface area contributed by atoms with Crippen molar-refractivity contribution in [3.05, 3.63) is 90.0 Å². The van der Waals surface area contributed by atoms with Crippen LogP contribution in [0.15, 0.2) is 78.9 Å². The summed E-state index contributed by atoms with van der Waals surface area (Å²) in [5.74, 6) is 1.81. The van der Waals surface area contributed by atoms with Gasteiger partial charge in [0.1, 0.15) is 17.6 Å². The number of ether oxygens (including phenoxy) is 2. The first-order valence-electron chi connectivity index (χ1n) is 11.2. The van der Waals surface area contributed by atoms with Crippen molar-refractivity contribution in [3.8, 4) is 11.5 Å². The van der Waals surface area contributed by atoms with Crippen molar-refractivity contribution in [2.45, 2.75) is 52.1 Å². The van der Waals surface area contributed by atoms with Gasteiger partial charge < -0.3 is 14.8 Å². The average Bonchev–Trinajstić information content (AvgIpc) is 2.76. The van der Waals surface area contributed by atoms with E-state index in [0.717, 1.165) is 43.2 Å². The SMILES string of the molecule is CC(CNc1ccc(OCCCc2ccccc2)cc1)Oc1ccc(C(C)(C)C)cc1. The Morgan fingerprint density at radius 1 is 0.806 bits per heavy atom. The van der Waals surface area contributed by atoms with Gasteiger partial charge in [0, 0.05) is 5.69 Å². The van der Waals surface area contributed by atoms with Crippen LogP contribution in [0, 0.1) is 0 Å². The Kier molecular flexibility index (Phi) is 8.00. The van der Waals surface area contributed by atoms with Gasteiger partial charge in [-0.3, -0.25) is 0 Å². The van der Waals surface area contributed by atoms with Crippen molar-refractivity contribution >= 4 is 5.69 Å². The van der Waals surface area contributed by atoms with Crippen molar-refractivity contribution < 1.29 is 9.47 Å². The van der Waals surface area contributed by atoms with Crippen molar-refractivity contribution in [2.24, 2.45) is 0 Å². The molecule has 0 heterocycles. The second-order valence-electron chi connectivity index (χ2n) is 9.05. The Morgan fingerprint density at radius 2 is 1.45 bits per heavy atom. The second kappa shape index (κ2) is 10.9. The molecule has 3 aromatic rings. The standard InChI is InChI=1S/C28H35NO2/c1-22(31-27-16-12-24(13-17-27)28(2,3)4)21-29-25-14-18-26(19-15-25)30-20-8-11-23-9-6-5-7-10-23/h5-7,9-10,12-19,22,29H,8,11,20-21H2,1-4H3. The summed E-state index contributed by atoms with van der Waals surface area (Å²) in [5.41, 5.74) is 3.89. The van der Waals surface area contributed by atoms with Crippen LogP contribution < -0.4 is 14.8 Å². The lowest BCUT2D eigenvalue weighted by molar-refractivity contribution is 0.234. The third-order valence-electron chi connectivity index (χ3n) is 5.23. The third kappa shape index (κ3) is 7.67. The van der Waals surface area contributed by atoms with Crippen LogP contribution in [0.3, 0.4) is 0 Å². The Balaban J connectivity index is 1.37. The molecule has 1 N–H and O–H groups in total. The number of rotatable bonds is 10. The quantitative estimate of drug-likeness (QED) is 0.365. The Morgan fingerprint density at radius 3 is 2.10 bits per heavy atom. The van der Waals surface area contributed by atoms with Gasteiger partial charge in [0.05, 0.1) is 13.2 Å². The highest BCUT2D eigenvalue weighted by molar-refractivity contribution is 5.46. The average molecular weight is 418 g/mol. The summed E-state index contributed by atoms with van der Waals surface area (Å²) in [6, 6.07) is 27.1. The van der Waals surface area contributed by atoms with E-state index in [9.17, 15) is 0 Å².